The van der Waals surface area contributed by atoms with E-state index in [1.165, 1.54) is 11.9 Å². The van der Waals surface area contributed by atoms with Crippen LogP contribution in [0.2, 0.25) is 0 Å². The molecule has 1 heterocycles. The summed E-state index contributed by atoms with van der Waals surface area (Å²) in [5.41, 5.74) is 4.44. The Kier molecular flexibility index (Phi) is 5.04. The first-order valence-corrected chi connectivity index (χ1v) is 6.12. The largest absolute Gasteiger partial charge is 0.417 e. The zero-order valence-corrected chi connectivity index (χ0v) is 11.8. The van der Waals surface area contributed by atoms with Gasteiger partial charge < -0.3 is 10.6 Å². The van der Waals surface area contributed by atoms with Gasteiger partial charge in [-0.3, -0.25) is 9.78 Å². The third kappa shape index (κ3) is 4.16. The van der Waals surface area contributed by atoms with Crippen molar-refractivity contribution in [1.29, 1.82) is 0 Å². The van der Waals surface area contributed by atoms with Crippen molar-refractivity contribution >= 4 is 23.1 Å². The van der Waals surface area contributed by atoms with Crippen LogP contribution in [-0.4, -0.2) is 33.9 Å². The highest BCUT2D eigenvalue weighted by Gasteiger charge is 2.31. The van der Waals surface area contributed by atoms with E-state index in [-0.39, 0.29) is 16.7 Å². The molecule has 20 heavy (non-hydrogen) atoms. The van der Waals surface area contributed by atoms with E-state index in [1.807, 2.05) is 0 Å². The molecule has 1 aromatic rings. The van der Waals surface area contributed by atoms with Crippen LogP contribution in [-0.2, 0) is 6.18 Å². The standard InChI is InChI=1S/C12H14F3N3OS/c1-7(5-10(16)20)18(2)11(19)9-4-3-8(6-17-9)12(13,14)15/h3-4,6-7H,5H2,1-2H3,(H2,16,20). The van der Waals surface area contributed by atoms with Gasteiger partial charge in [0.15, 0.2) is 0 Å². The minimum Gasteiger partial charge on any atom is -0.393 e. The van der Waals surface area contributed by atoms with Gasteiger partial charge in [0.1, 0.15) is 5.69 Å². The topological polar surface area (TPSA) is 59.2 Å². The maximum absolute atomic E-state index is 12.4. The van der Waals surface area contributed by atoms with Crippen molar-refractivity contribution in [1.82, 2.24) is 9.88 Å². The van der Waals surface area contributed by atoms with Crippen molar-refractivity contribution in [3.8, 4) is 0 Å². The van der Waals surface area contributed by atoms with E-state index >= 15 is 0 Å². The van der Waals surface area contributed by atoms with Gasteiger partial charge >= 0.3 is 6.18 Å². The quantitative estimate of drug-likeness (QED) is 0.867. The number of hydrogen-bond donors (Lipinski definition) is 1. The molecule has 2 N–H and O–H groups in total. The number of nitrogens with zero attached hydrogens (tertiary/aromatic N) is 2. The highest BCUT2D eigenvalue weighted by Crippen LogP contribution is 2.28. The molecule has 0 saturated heterocycles. The van der Waals surface area contributed by atoms with Gasteiger partial charge in [-0.2, -0.15) is 13.2 Å². The van der Waals surface area contributed by atoms with Gasteiger partial charge in [-0.1, -0.05) is 12.2 Å². The average molecular weight is 305 g/mol. The summed E-state index contributed by atoms with van der Waals surface area (Å²) in [6.07, 6.45) is -3.50. The van der Waals surface area contributed by atoms with Gasteiger partial charge in [0.2, 0.25) is 0 Å². The fraction of sp³-hybridized carbons (Fsp3) is 0.417. The Bertz CT molecular complexity index is 502. The molecule has 0 aliphatic heterocycles. The lowest BCUT2D eigenvalue weighted by Crippen LogP contribution is -2.37. The molecule has 110 valence electrons. The number of alkyl halides is 3. The summed E-state index contributed by atoms with van der Waals surface area (Å²) in [7, 11) is 1.52. The number of carbonyl (C=O) groups excluding carboxylic acids is 1. The van der Waals surface area contributed by atoms with Crippen molar-refractivity contribution in [2.75, 3.05) is 7.05 Å². The second-order valence-electron chi connectivity index (χ2n) is 4.37. The number of rotatable bonds is 4. The molecule has 0 aliphatic carbocycles. The lowest BCUT2D eigenvalue weighted by atomic mass is 10.2. The van der Waals surface area contributed by atoms with Gasteiger partial charge in [0.25, 0.3) is 5.91 Å². The van der Waals surface area contributed by atoms with Crippen LogP contribution in [0.5, 0.6) is 0 Å². The second kappa shape index (κ2) is 6.17. The SMILES string of the molecule is CC(CC(N)=S)N(C)C(=O)c1ccc(C(F)(F)F)cn1. The highest BCUT2D eigenvalue weighted by molar-refractivity contribution is 7.80. The zero-order valence-electron chi connectivity index (χ0n) is 10.9. The molecule has 0 aromatic carbocycles. The minimum absolute atomic E-state index is 0.0599. The molecule has 1 atom stereocenters. The van der Waals surface area contributed by atoms with Crippen molar-refractivity contribution < 1.29 is 18.0 Å². The Hall–Kier alpha value is -1.70. The Morgan fingerprint density at radius 2 is 2.10 bits per heavy atom. The third-order valence-electron chi connectivity index (χ3n) is 2.79. The minimum atomic E-state index is -4.47. The van der Waals surface area contributed by atoms with Crippen molar-refractivity contribution in [2.45, 2.75) is 25.6 Å². The molecule has 1 aromatic heterocycles. The summed E-state index contributed by atoms with van der Waals surface area (Å²) in [6.45, 7) is 1.74. The number of amides is 1. The van der Waals surface area contributed by atoms with Crippen LogP contribution in [0, 0.1) is 0 Å². The van der Waals surface area contributed by atoms with E-state index in [4.69, 9.17) is 18.0 Å². The van der Waals surface area contributed by atoms with Crippen molar-refractivity contribution in [3.63, 3.8) is 0 Å². The van der Waals surface area contributed by atoms with Gasteiger partial charge in [-0.05, 0) is 19.1 Å². The Morgan fingerprint density at radius 3 is 2.50 bits per heavy atom. The van der Waals surface area contributed by atoms with E-state index in [1.54, 1.807) is 6.92 Å². The Labute approximate surface area is 119 Å². The van der Waals surface area contributed by atoms with Crippen LogP contribution in [0.4, 0.5) is 13.2 Å². The summed E-state index contributed by atoms with van der Waals surface area (Å²) in [6, 6.07) is 1.62. The Morgan fingerprint density at radius 1 is 1.50 bits per heavy atom. The van der Waals surface area contributed by atoms with Crippen molar-refractivity contribution in [2.24, 2.45) is 5.73 Å². The summed E-state index contributed by atoms with van der Waals surface area (Å²) >= 11 is 4.75. The number of carbonyl (C=O) groups is 1. The molecule has 1 unspecified atom stereocenters. The highest BCUT2D eigenvalue weighted by atomic mass is 32.1. The van der Waals surface area contributed by atoms with E-state index < -0.39 is 17.6 Å². The fourth-order valence-corrected chi connectivity index (χ4v) is 1.74. The monoisotopic (exact) mass is 305 g/mol. The summed E-state index contributed by atoms with van der Waals surface area (Å²) in [5.74, 6) is -0.484. The number of halogens is 3. The van der Waals surface area contributed by atoms with Gasteiger partial charge in [-0.25, -0.2) is 0 Å². The first-order chi connectivity index (χ1) is 9.12. The molecule has 1 rings (SSSR count). The van der Waals surface area contributed by atoms with Gasteiger partial charge in [0.05, 0.1) is 10.6 Å². The van der Waals surface area contributed by atoms with Gasteiger partial charge in [-0.15, -0.1) is 0 Å². The zero-order chi connectivity index (χ0) is 15.5. The number of hydrogen-bond acceptors (Lipinski definition) is 3. The first-order valence-electron chi connectivity index (χ1n) is 5.71. The lowest BCUT2D eigenvalue weighted by Gasteiger charge is -2.24. The van der Waals surface area contributed by atoms with Crippen LogP contribution in [0.1, 0.15) is 29.4 Å². The smallest absolute Gasteiger partial charge is 0.393 e. The van der Waals surface area contributed by atoms with Crippen LogP contribution in [0.15, 0.2) is 18.3 Å². The third-order valence-corrected chi connectivity index (χ3v) is 2.95. The maximum atomic E-state index is 12.4. The van der Waals surface area contributed by atoms with E-state index in [2.05, 4.69) is 4.98 Å². The van der Waals surface area contributed by atoms with Gasteiger partial charge in [0, 0.05) is 25.7 Å². The summed E-state index contributed by atoms with van der Waals surface area (Å²) in [4.78, 5) is 17.2. The lowest BCUT2D eigenvalue weighted by molar-refractivity contribution is -0.137. The molecule has 0 bridgehead atoms. The average Bonchev–Trinajstić information content (AvgIpc) is 2.35. The van der Waals surface area contributed by atoms with Crippen LogP contribution in [0.3, 0.4) is 0 Å². The number of nitrogens with two attached hydrogens (primary N) is 1. The predicted octanol–water partition coefficient (Wildman–Crippen LogP) is 2.24. The molecule has 0 aliphatic rings. The molecule has 8 heteroatoms. The maximum Gasteiger partial charge on any atom is 0.417 e. The Balaban J connectivity index is 2.85. The van der Waals surface area contributed by atoms with Crippen LogP contribution >= 0.6 is 12.2 Å². The number of pyridine rings is 1. The molecule has 0 radical (unpaired) electrons. The molecule has 0 spiro atoms. The summed E-state index contributed by atoms with van der Waals surface area (Å²) in [5, 5.41) is 0. The number of thiocarbonyl (C=S) groups is 1. The van der Waals surface area contributed by atoms with E-state index in [9.17, 15) is 18.0 Å². The van der Waals surface area contributed by atoms with Crippen LogP contribution in [0.25, 0.3) is 0 Å². The molecule has 4 nitrogen and oxygen atoms in total. The summed E-state index contributed by atoms with van der Waals surface area (Å²) < 4.78 is 37.2. The molecule has 0 saturated carbocycles. The predicted molar refractivity (Wildman–Crippen MR) is 72.2 cm³/mol. The molecular formula is C12H14F3N3OS. The van der Waals surface area contributed by atoms with E-state index in [0.29, 0.717) is 12.6 Å². The van der Waals surface area contributed by atoms with E-state index in [0.717, 1.165) is 12.1 Å². The second-order valence-corrected chi connectivity index (χ2v) is 4.89. The van der Waals surface area contributed by atoms with Crippen LogP contribution < -0.4 is 5.73 Å². The number of aromatic nitrogens is 1. The van der Waals surface area contributed by atoms with Crippen molar-refractivity contribution in [3.05, 3.63) is 29.6 Å². The first kappa shape index (κ1) is 16.4. The fourth-order valence-electron chi connectivity index (χ4n) is 1.50. The molecular weight excluding hydrogens is 291 g/mol. The molecule has 0 fully saturated rings. The molecule has 1 amide bonds. The normalized spacial score (nSPS) is 12.8.